The van der Waals surface area contributed by atoms with Crippen LogP contribution in [0, 0.1) is 5.92 Å². The number of carbonyl (C=O) groups is 1. The van der Waals surface area contributed by atoms with Crippen LogP contribution in [0.1, 0.15) is 42.8 Å². The minimum absolute atomic E-state index is 0.325. The molecule has 1 heterocycles. The molecule has 100 valence electrons. The minimum atomic E-state index is -0.325. The van der Waals surface area contributed by atoms with Gasteiger partial charge in [-0.1, -0.05) is 13.3 Å². The summed E-state index contributed by atoms with van der Waals surface area (Å²) in [6.45, 7) is 4.37. The summed E-state index contributed by atoms with van der Waals surface area (Å²) in [6, 6.07) is 2.39. The van der Waals surface area contributed by atoms with Crippen molar-refractivity contribution in [2.24, 2.45) is 5.92 Å². The number of thiophene rings is 1. The van der Waals surface area contributed by atoms with Crippen molar-refractivity contribution in [3.63, 3.8) is 0 Å². The first-order valence-electron chi connectivity index (χ1n) is 6.48. The van der Waals surface area contributed by atoms with Gasteiger partial charge in [0.25, 0.3) is 0 Å². The Labute approximate surface area is 112 Å². The number of rotatable bonds is 6. The first-order valence-corrected chi connectivity index (χ1v) is 7.30. The molecule has 5 heteroatoms. The Kier molecular flexibility index (Phi) is 4.11. The lowest BCUT2D eigenvalue weighted by Gasteiger charge is -2.01. The molecular formula is C13H20N2O2S. The van der Waals surface area contributed by atoms with Gasteiger partial charge in [-0.25, -0.2) is 4.79 Å². The van der Waals surface area contributed by atoms with E-state index in [9.17, 15) is 4.79 Å². The summed E-state index contributed by atoms with van der Waals surface area (Å²) in [4.78, 5) is 12.1. The van der Waals surface area contributed by atoms with Gasteiger partial charge in [0.15, 0.2) is 0 Å². The van der Waals surface area contributed by atoms with Crippen LogP contribution in [0.15, 0.2) is 6.07 Å². The number of anilines is 2. The van der Waals surface area contributed by atoms with Crippen LogP contribution < -0.4 is 11.1 Å². The maximum absolute atomic E-state index is 11.6. The third-order valence-electron chi connectivity index (χ3n) is 3.13. The van der Waals surface area contributed by atoms with E-state index in [0.29, 0.717) is 23.2 Å². The second-order valence-electron chi connectivity index (χ2n) is 4.65. The number of nitrogens with two attached hydrogens (primary N) is 1. The number of esters is 1. The van der Waals surface area contributed by atoms with Crippen molar-refractivity contribution in [2.75, 3.05) is 17.7 Å². The summed E-state index contributed by atoms with van der Waals surface area (Å²) in [5.41, 5.74) is 6.34. The Morgan fingerprint density at radius 2 is 2.39 bits per heavy atom. The highest BCUT2D eigenvalue weighted by Crippen LogP contribution is 2.40. The van der Waals surface area contributed by atoms with Crippen LogP contribution >= 0.6 is 11.3 Å². The fourth-order valence-corrected chi connectivity index (χ4v) is 3.06. The Morgan fingerprint density at radius 1 is 1.61 bits per heavy atom. The Morgan fingerprint density at radius 3 is 3.06 bits per heavy atom. The lowest BCUT2D eigenvalue weighted by atomic mass is 10.2. The summed E-state index contributed by atoms with van der Waals surface area (Å²) >= 11 is 1.39. The van der Waals surface area contributed by atoms with Crippen molar-refractivity contribution in [3.8, 4) is 0 Å². The van der Waals surface area contributed by atoms with Crippen molar-refractivity contribution in [2.45, 2.75) is 39.2 Å². The van der Waals surface area contributed by atoms with Crippen LogP contribution in [-0.2, 0) is 4.74 Å². The van der Waals surface area contributed by atoms with Gasteiger partial charge in [0, 0.05) is 6.04 Å². The van der Waals surface area contributed by atoms with E-state index in [1.54, 1.807) is 6.92 Å². The van der Waals surface area contributed by atoms with Crippen molar-refractivity contribution in [3.05, 3.63) is 10.9 Å². The first-order chi connectivity index (χ1) is 8.65. The van der Waals surface area contributed by atoms with E-state index in [0.717, 1.165) is 10.9 Å². The predicted molar refractivity (Wildman–Crippen MR) is 75.1 cm³/mol. The minimum Gasteiger partial charge on any atom is -0.462 e. The fourth-order valence-electron chi connectivity index (χ4n) is 2.13. The van der Waals surface area contributed by atoms with Crippen LogP contribution in [0.3, 0.4) is 0 Å². The molecule has 18 heavy (non-hydrogen) atoms. The van der Waals surface area contributed by atoms with Gasteiger partial charge in [-0.05, 0) is 31.7 Å². The summed E-state index contributed by atoms with van der Waals surface area (Å²) in [6.07, 6.45) is 3.72. The summed E-state index contributed by atoms with van der Waals surface area (Å²) in [5.74, 6) is 0.457. The van der Waals surface area contributed by atoms with E-state index >= 15 is 0 Å². The topological polar surface area (TPSA) is 64.3 Å². The molecule has 3 N–H and O–H groups in total. The van der Waals surface area contributed by atoms with Gasteiger partial charge in [0.1, 0.15) is 4.88 Å². The molecule has 1 aromatic heterocycles. The highest BCUT2D eigenvalue weighted by molar-refractivity contribution is 7.18. The molecule has 0 radical (unpaired) electrons. The normalized spacial score (nSPS) is 21.7. The third kappa shape index (κ3) is 2.96. The quantitative estimate of drug-likeness (QED) is 0.778. The molecule has 2 rings (SSSR count). The van der Waals surface area contributed by atoms with Gasteiger partial charge in [-0.2, -0.15) is 0 Å². The largest absolute Gasteiger partial charge is 0.462 e. The smallest absolute Gasteiger partial charge is 0.350 e. The van der Waals surface area contributed by atoms with Crippen molar-refractivity contribution < 1.29 is 9.53 Å². The second kappa shape index (κ2) is 5.61. The molecule has 1 aromatic rings. The predicted octanol–water partition coefficient (Wildman–Crippen LogP) is 3.11. The number of nitrogen functional groups attached to an aromatic ring is 1. The summed E-state index contributed by atoms with van der Waals surface area (Å²) in [7, 11) is 0. The van der Waals surface area contributed by atoms with Gasteiger partial charge >= 0.3 is 5.97 Å². The van der Waals surface area contributed by atoms with Gasteiger partial charge in [0.05, 0.1) is 17.3 Å². The molecule has 2 atom stereocenters. The molecule has 0 spiro atoms. The Bertz CT molecular complexity index is 431. The molecule has 2 unspecified atom stereocenters. The van der Waals surface area contributed by atoms with E-state index < -0.39 is 0 Å². The van der Waals surface area contributed by atoms with Crippen LogP contribution in [0.25, 0.3) is 0 Å². The number of ether oxygens (including phenoxy) is 1. The summed E-state index contributed by atoms with van der Waals surface area (Å²) < 4.78 is 4.97. The van der Waals surface area contributed by atoms with Crippen LogP contribution in [-0.4, -0.2) is 18.6 Å². The van der Waals surface area contributed by atoms with E-state index in [2.05, 4.69) is 12.2 Å². The molecule has 1 saturated carbocycles. The maximum Gasteiger partial charge on any atom is 0.350 e. The molecule has 1 fully saturated rings. The monoisotopic (exact) mass is 268 g/mol. The molecule has 0 amide bonds. The highest BCUT2D eigenvalue weighted by atomic mass is 32.1. The molecule has 1 aliphatic rings. The van der Waals surface area contributed by atoms with Crippen LogP contribution in [0.5, 0.6) is 0 Å². The molecular weight excluding hydrogens is 248 g/mol. The lowest BCUT2D eigenvalue weighted by Crippen LogP contribution is -2.04. The number of nitrogens with one attached hydrogen (secondary N) is 1. The number of carbonyl (C=O) groups excluding carboxylic acids is 1. The Hall–Kier alpha value is -1.23. The average molecular weight is 268 g/mol. The lowest BCUT2D eigenvalue weighted by molar-refractivity contribution is 0.0533. The number of hydrogen-bond acceptors (Lipinski definition) is 5. The molecule has 0 aliphatic heterocycles. The molecule has 0 saturated heterocycles. The highest BCUT2D eigenvalue weighted by Gasteiger charge is 2.36. The van der Waals surface area contributed by atoms with Crippen LogP contribution in [0.2, 0.25) is 0 Å². The standard InChI is InChI=1S/C13H20N2O2S/c1-3-5-8-6-10(8)15-11-7-9(14)12(18-11)13(16)17-4-2/h7-8,10,15H,3-6,14H2,1-2H3. The van der Waals surface area contributed by atoms with E-state index in [1.165, 1.54) is 30.6 Å². The van der Waals surface area contributed by atoms with Gasteiger partial charge in [0.2, 0.25) is 0 Å². The number of hydrogen-bond donors (Lipinski definition) is 2. The second-order valence-corrected chi connectivity index (χ2v) is 5.70. The average Bonchev–Trinajstić information content (AvgIpc) is 2.92. The summed E-state index contributed by atoms with van der Waals surface area (Å²) in [5, 5.41) is 4.41. The zero-order valence-electron chi connectivity index (χ0n) is 10.9. The van der Waals surface area contributed by atoms with Gasteiger partial charge in [-0.15, -0.1) is 11.3 Å². The van der Waals surface area contributed by atoms with Crippen LogP contribution in [0.4, 0.5) is 10.7 Å². The molecule has 0 aromatic carbocycles. The molecule has 0 bridgehead atoms. The third-order valence-corrected chi connectivity index (χ3v) is 4.19. The Balaban J connectivity index is 1.95. The fraction of sp³-hybridized carbons (Fsp3) is 0.615. The van der Waals surface area contributed by atoms with E-state index in [4.69, 9.17) is 10.5 Å². The van der Waals surface area contributed by atoms with E-state index in [-0.39, 0.29) is 5.97 Å². The zero-order valence-corrected chi connectivity index (χ0v) is 11.7. The van der Waals surface area contributed by atoms with Crippen molar-refractivity contribution >= 4 is 28.0 Å². The molecule has 1 aliphatic carbocycles. The molecule has 4 nitrogen and oxygen atoms in total. The first kappa shape index (κ1) is 13.2. The SMILES string of the molecule is CCCC1CC1Nc1cc(N)c(C(=O)OCC)s1. The van der Waals surface area contributed by atoms with E-state index in [1.807, 2.05) is 6.07 Å². The van der Waals surface area contributed by atoms with Gasteiger partial charge < -0.3 is 15.8 Å². The zero-order chi connectivity index (χ0) is 13.1. The maximum atomic E-state index is 11.6. The van der Waals surface area contributed by atoms with Gasteiger partial charge in [-0.3, -0.25) is 0 Å². The van der Waals surface area contributed by atoms with Crippen molar-refractivity contribution in [1.29, 1.82) is 0 Å². The van der Waals surface area contributed by atoms with Crippen molar-refractivity contribution in [1.82, 2.24) is 0 Å².